The zero-order valence-corrected chi connectivity index (χ0v) is 34.0. The van der Waals surface area contributed by atoms with Gasteiger partial charge in [-0.25, -0.2) is 9.79 Å². The highest BCUT2D eigenvalue weighted by Crippen LogP contribution is 2.46. The molecule has 0 bridgehead atoms. The summed E-state index contributed by atoms with van der Waals surface area (Å²) >= 11 is 0. The quantitative estimate of drug-likeness (QED) is 0.0419. The molecule has 326 valence electrons. The summed E-state index contributed by atoms with van der Waals surface area (Å²) in [5, 5.41) is 70.1. The van der Waals surface area contributed by atoms with E-state index in [0.717, 1.165) is 54.6 Å². The maximum Gasteiger partial charge on any atom is 0.328 e. The molecule has 10 atom stereocenters. The second-order valence-electron chi connectivity index (χ2n) is 17.3. The van der Waals surface area contributed by atoms with Crippen molar-refractivity contribution in [3.8, 4) is 0 Å². The number of H-pyrrole nitrogens is 1. The third-order valence-electron chi connectivity index (χ3n) is 13.3. The number of hydrogen-bond acceptors (Lipinski definition) is 13. The third-order valence-corrected chi connectivity index (χ3v) is 13.3. The van der Waals surface area contributed by atoms with Crippen LogP contribution in [-0.4, -0.2) is 109 Å². The van der Waals surface area contributed by atoms with Gasteiger partial charge in [-0.1, -0.05) is 36.8 Å². The van der Waals surface area contributed by atoms with E-state index in [9.17, 15) is 45.0 Å². The van der Waals surface area contributed by atoms with Gasteiger partial charge in [0.2, 0.25) is 0 Å². The van der Waals surface area contributed by atoms with E-state index in [4.69, 9.17) is 16.5 Å². The number of carbonyl (C=O) groups is 3. The number of aliphatic imine (C=N–C) groups is 1. The summed E-state index contributed by atoms with van der Waals surface area (Å²) in [5.74, 6) is -1.09. The monoisotopic (exact) mass is 830 g/mol. The second-order valence-corrected chi connectivity index (χ2v) is 17.3. The minimum atomic E-state index is -1.75. The number of fused-ring (bicyclic) bond motifs is 3. The van der Waals surface area contributed by atoms with Crippen molar-refractivity contribution in [2.45, 2.75) is 132 Å². The lowest BCUT2D eigenvalue weighted by Crippen LogP contribution is -2.67. The lowest BCUT2D eigenvalue weighted by atomic mass is 9.66. The van der Waals surface area contributed by atoms with Gasteiger partial charge in [0.1, 0.15) is 30.1 Å². The molecule has 3 aromatic rings. The Hall–Kier alpha value is -4.64. The fourth-order valence-electron chi connectivity index (χ4n) is 10.0. The molecule has 1 aromatic heterocycles. The summed E-state index contributed by atoms with van der Waals surface area (Å²) in [6.45, 7) is -0.645. The fourth-order valence-corrected chi connectivity index (χ4v) is 10.0. The zero-order chi connectivity index (χ0) is 43.0. The molecule has 13 N–H and O–H groups in total. The highest BCUT2D eigenvalue weighted by molar-refractivity contribution is 5.86. The molecule has 60 heavy (non-hydrogen) atoms. The van der Waals surface area contributed by atoms with Crippen LogP contribution in [0.4, 0.5) is 5.82 Å². The summed E-state index contributed by atoms with van der Waals surface area (Å²) in [6.07, 6.45) is 8.80. The first kappa shape index (κ1) is 44.9. The molecule has 2 aliphatic carbocycles. The number of aromatic nitrogens is 1. The van der Waals surface area contributed by atoms with Gasteiger partial charge < -0.3 is 67.3 Å². The number of aliphatic hydroxyl groups is 5. The Morgan fingerprint density at radius 2 is 1.85 bits per heavy atom. The van der Waals surface area contributed by atoms with Gasteiger partial charge in [-0.15, -0.1) is 0 Å². The molecule has 10 unspecified atom stereocenters. The van der Waals surface area contributed by atoms with Crippen LogP contribution >= 0.6 is 0 Å². The van der Waals surface area contributed by atoms with Gasteiger partial charge in [-0.05, 0) is 128 Å². The Balaban J connectivity index is 1.32. The first-order valence-electron chi connectivity index (χ1n) is 21.3. The van der Waals surface area contributed by atoms with Gasteiger partial charge in [-0.3, -0.25) is 0 Å². The molecule has 2 heterocycles. The predicted octanol–water partition coefficient (Wildman–Crippen LogP) is 2.77. The number of aliphatic carboxylic acids is 1. The molecule has 6 rings (SSSR count). The van der Waals surface area contributed by atoms with E-state index < -0.39 is 54.6 Å². The van der Waals surface area contributed by atoms with Crippen molar-refractivity contribution in [3.63, 3.8) is 0 Å². The van der Waals surface area contributed by atoms with Gasteiger partial charge in [-0.2, -0.15) is 0 Å². The number of hydrogen-bond donors (Lipinski definition) is 11. The average Bonchev–Trinajstić information content (AvgIpc) is 3.74. The number of aliphatic hydroxyl groups excluding tert-OH is 3. The van der Waals surface area contributed by atoms with Crippen LogP contribution in [0.1, 0.15) is 93.2 Å². The Morgan fingerprint density at radius 1 is 1.05 bits per heavy atom. The molecule has 1 aliphatic heterocycles. The van der Waals surface area contributed by atoms with Crippen LogP contribution in [0.3, 0.4) is 0 Å². The number of aldehydes is 2. The van der Waals surface area contributed by atoms with Gasteiger partial charge in [0.25, 0.3) is 0 Å². The number of carboxylic acids is 1. The van der Waals surface area contributed by atoms with Crippen molar-refractivity contribution in [1.29, 1.82) is 0 Å². The highest BCUT2D eigenvalue weighted by Gasteiger charge is 2.52. The number of carbonyl (C=O) groups excluding carboxylic acids is 2. The number of carboxylic acid groups (broad SMARTS) is 1. The second kappa shape index (κ2) is 20.3. The van der Waals surface area contributed by atoms with E-state index in [0.29, 0.717) is 56.3 Å². The van der Waals surface area contributed by atoms with Crippen molar-refractivity contribution >= 4 is 41.1 Å². The van der Waals surface area contributed by atoms with Crippen LogP contribution in [0.2, 0.25) is 0 Å². The standard InChI is InChI=1S/C45H62N6O9/c46-32(12-7-27(24-53)8-13-39(55)56)3-1-4-33-30(11-10-29-20-28-9-6-26(15-18-52)19-31(28)21-35(29)33)22-37(49-38-5-2-17-48-38)36(23-40(57)58)41-34-14-16-45(60,25-54)43(59)42(34)51-44(47)50-41/h2,5-6,9,17-21,23-24,27,30,32-34,37,39,41-43,48-49,54-56,59-60H,1,3-4,7-8,10-16,22,25,46H2,(H,57,58)(H3,47,50,51). The smallest absolute Gasteiger partial charge is 0.328 e. The number of aromatic amines is 1. The summed E-state index contributed by atoms with van der Waals surface area (Å²) in [5.41, 5.74) is 15.1. The molecule has 0 amide bonds. The summed E-state index contributed by atoms with van der Waals surface area (Å²) < 4.78 is 0. The first-order chi connectivity index (χ1) is 28.8. The van der Waals surface area contributed by atoms with E-state index in [2.05, 4.69) is 39.9 Å². The minimum absolute atomic E-state index is 0.00416. The number of nitrogens with two attached hydrogens (primary N) is 2. The SMILES string of the molecule is NC1=NC(C(=CC(=O)O)C(CC2CCc3cc4ccc(CC=O)cc4cc3C2CCCC(N)CCC(C=O)CCC(O)O)Nc2ccc[nH]2)C2CCC(O)(CO)C(O)C2N1. The normalized spacial score (nSPS) is 26.9. The van der Waals surface area contributed by atoms with Gasteiger partial charge >= 0.3 is 5.97 Å². The van der Waals surface area contributed by atoms with Crippen molar-refractivity contribution in [2.75, 3.05) is 11.9 Å². The summed E-state index contributed by atoms with van der Waals surface area (Å²) in [7, 11) is 0. The van der Waals surface area contributed by atoms with Crippen LogP contribution in [-0.2, 0) is 27.2 Å². The van der Waals surface area contributed by atoms with Crippen molar-refractivity contribution in [1.82, 2.24) is 10.3 Å². The number of nitrogens with zero attached hydrogens (tertiary/aromatic N) is 1. The molecule has 0 spiro atoms. The zero-order valence-electron chi connectivity index (χ0n) is 34.0. The first-order valence-corrected chi connectivity index (χ1v) is 21.3. The number of anilines is 1. The Morgan fingerprint density at radius 3 is 2.55 bits per heavy atom. The van der Waals surface area contributed by atoms with E-state index in [1.54, 1.807) is 6.20 Å². The van der Waals surface area contributed by atoms with Gasteiger partial charge in [0.05, 0.1) is 24.7 Å². The molecule has 15 nitrogen and oxygen atoms in total. The van der Waals surface area contributed by atoms with Gasteiger partial charge in [0.15, 0.2) is 12.2 Å². The molecule has 2 aromatic carbocycles. The number of guanidine groups is 1. The average molecular weight is 831 g/mol. The van der Waals surface area contributed by atoms with Crippen LogP contribution < -0.4 is 22.1 Å². The lowest BCUT2D eigenvalue weighted by Gasteiger charge is -2.49. The molecule has 1 saturated carbocycles. The molecule has 0 radical (unpaired) electrons. The van der Waals surface area contributed by atoms with Crippen LogP contribution in [0.5, 0.6) is 0 Å². The topological polar surface area (TPSA) is 277 Å². The van der Waals surface area contributed by atoms with E-state index in [1.807, 2.05) is 18.2 Å². The predicted molar refractivity (Wildman–Crippen MR) is 228 cm³/mol. The number of benzene rings is 2. The van der Waals surface area contributed by atoms with Crippen molar-refractivity contribution < 1.29 is 45.0 Å². The number of aryl methyl sites for hydroxylation is 1. The Labute approximate surface area is 350 Å². The van der Waals surface area contributed by atoms with Crippen molar-refractivity contribution in [2.24, 2.45) is 34.2 Å². The van der Waals surface area contributed by atoms with Gasteiger partial charge in [0, 0.05) is 36.6 Å². The Bertz CT molecular complexity index is 1990. The Kier molecular flexibility index (Phi) is 15.2. The van der Waals surface area contributed by atoms with Crippen LogP contribution in [0, 0.1) is 17.8 Å². The molecule has 1 fully saturated rings. The molecular weight excluding hydrogens is 769 g/mol. The summed E-state index contributed by atoms with van der Waals surface area (Å²) in [6, 6.07) is 12.1. The van der Waals surface area contributed by atoms with Crippen LogP contribution in [0.25, 0.3) is 10.8 Å². The minimum Gasteiger partial charge on any atom is -0.478 e. The fraction of sp³-hybridized carbons (Fsp3) is 0.556. The summed E-state index contributed by atoms with van der Waals surface area (Å²) in [4.78, 5) is 43.8. The van der Waals surface area contributed by atoms with Crippen LogP contribution in [0.15, 0.2) is 65.3 Å². The maximum atomic E-state index is 12.7. The number of rotatable bonds is 21. The number of nitrogens with one attached hydrogen (secondary N) is 3. The van der Waals surface area contributed by atoms with E-state index in [-0.39, 0.29) is 42.6 Å². The highest BCUT2D eigenvalue weighted by atomic mass is 16.5. The lowest BCUT2D eigenvalue weighted by molar-refractivity contribution is -0.149. The largest absolute Gasteiger partial charge is 0.478 e. The third kappa shape index (κ3) is 10.8. The molecule has 0 saturated heterocycles. The molecule has 3 aliphatic rings. The van der Waals surface area contributed by atoms with E-state index >= 15 is 0 Å². The molecular formula is C45H62N6O9. The maximum absolute atomic E-state index is 12.7. The van der Waals surface area contributed by atoms with Crippen molar-refractivity contribution in [3.05, 3.63) is 77.0 Å². The molecule has 15 heteroatoms. The van der Waals surface area contributed by atoms with E-state index in [1.165, 1.54) is 17.2 Å².